The Kier molecular flexibility index (Phi) is 2.80. The van der Waals surface area contributed by atoms with Gasteiger partial charge >= 0.3 is 70.9 Å². The van der Waals surface area contributed by atoms with E-state index in [0.29, 0.717) is 0 Å². The van der Waals surface area contributed by atoms with E-state index < -0.39 is 0 Å². The summed E-state index contributed by atoms with van der Waals surface area (Å²) in [6.07, 6.45) is 2.89. The molecule has 1 aromatic carbocycles. The zero-order valence-electron chi connectivity index (χ0n) is 6.30. The van der Waals surface area contributed by atoms with Gasteiger partial charge in [0.15, 0.2) is 0 Å². The molecule has 1 heteroatoms. The summed E-state index contributed by atoms with van der Waals surface area (Å²) in [5, 5.41) is 0. The Labute approximate surface area is 71.2 Å². The van der Waals surface area contributed by atoms with Crippen LogP contribution in [0, 0.1) is 0 Å². The summed E-state index contributed by atoms with van der Waals surface area (Å²) in [6.45, 7) is 3.68. The molecule has 0 atom stereocenters. The topological polar surface area (TPSA) is 0 Å². The minimum absolute atomic E-state index is 0.972. The second kappa shape index (κ2) is 3.66. The SMILES string of the molecule is [Li][c]1ccc(CC=C)cc1. The molecule has 0 aliphatic rings. The molecular formula is C9H9Li. The fourth-order valence-electron chi connectivity index (χ4n) is 0.891. The molecule has 0 radical (unpaired) electrons. The molecule has 0 nitrogen and oxygen atoms in total. The molecule has 1 aromatic rings. The van der Waals surface area contributed by atoms with Crippen molar-refractivity contribution in [2.24, 2.45) is 0 Å². The van der Waals surface area contributed by atoms with Crippen LogP contribution >= 0.6 is 0 Å². The van der Waals surface area contributed by atoms with Crippen LogP contribution in [0.15, 0.2) is 36.9 Å². The van der Waals surface area contributed by atoms with Crippen LogP contribution in [0.4, 0.5) is 0 Å². The van der Waals surface area contributed by atoms with Gasteiger partial charge in [-0.2, -0.15) is 0 Å². The average Bonchev–Trinajstić information content (AvgIpc) is 1.95. The molecule has 0 aliphatic heterocycles. The summed E-state index contributed by atoms with van der Waals surface area (Å²) < 4.78 is 1.31. The van der Waals surface area contributed by atoms with E-state index in [9.17, 15) is 0 Å². The molecule has 46 valence electrons. The van der Waals surface area contributed by atoms with Gasteiger partial charge in [-0.15, -0.1) is 0 Å². The average molecular weight is 124 g/mol. The first-order valence-corrected chi connectivity index (χ1v) is 3.49. The molecule has 0 fully saturated rings. The Bertz CT molecular complexity index is 211. The molecule has 0 bridgehead atoms. The Morgan fingerprint density at radius 1 is 1.30 bits per heavy atom. The molecule has 0 unspecified atom stereocenters. The second-order valence-electron chi connectivity index (χ2n) is 2.48. The zero-order chi connectivity index (χ0) is 7.40. The van der Waals surface area contributed by atoms with Gasteiger partial charge in [0, 0.05) is 0 Å². The summed E-state index contributed by atoms with van der Waals surface area (Å²) in [7, 11) is 0. The molecule has 10 heavy (non-hydrogen) atoms. The first kappa shape index (κ1) is 7.66. The maximum absolute atomic E-state index is 3.68. The number of rotatable bonds is 2. The van der Waals surface area contributed by atoms with Crippen molar-refractivity contribution >= 4 is 22.0 Å². The van der Waals surface area contributed by atoms with Crippen LogP contribution in [-0.4, -0.2) is 17.7 Å². The molecule has 0 saturated carbocycles. The quantitative estimate of drug-likeness (QED) is 0.410. The molecular weight excluding hydrogens is 115 g/mol. The van der Waals surface area contributed by atoms with Gasteiger partial charge in [-0.1, -0.05) is 0 Å². The summed E-state index contributed by atoms with van der Waals surface area (Å²) in [5.74, 6) is 0. The minimum atomic E-state index is 0.972. The summed E-state index contributed by atoms with van der Waals surface area (Å²) in [5.41, 5.74) is 1.33. The van der Waals surface area contributed by atoms with E-state index in [1.165, 1.54) is 9.80 Å². The van der Waals surface area contributed by atoms with E-state index in [4.69, 9.17) is 0 Å². The molecule has 0 heterocycles. The van der Waals surface area contributed by atoms with E-state index in [2.05, 4.69) is 48.6 Å². The van der Waals surface area contributed by atoms with Crippen LogP contribution in [0.3, 0.4) is 0 Å². The van der Waals surface area contributed by atoms with Gasteiger partial charge in [0.25, 0.3) is 0 Å². The summed E-state index contributed by atoms with van der Waals surface area (Å²) in [6, 6.07) is 8.52. The van der Waals surface area contributed by atoms with Gasteiger partial charge in [-0.05, 0) is 0 Å². The van der Waals surface area contributed by atoms with Crippen LogP contribution < -0.4 is 4.24 Å². The van der Waals surface area contributed by atoms with Gasteiger partial charge in [-0.25, -0.2) is 0 Å². The fourth-order valence-corrected chi connectivity index (χ4v) is 0.891. The molecule has 0 aromatic heterocycles. The van der Waals surface area contributed by atoms with Crippen molar-refractivity contribution in [1.82, 2.24) is 0 Å². The van der Waals surface area contributed by atoms with Crippen LogP contribution in [0.1, 0.15) is 5.56 Å². The van der Waals surface area contributed by atoms with Crippen LogP contribution in [0.5, 0.6) is 0 Å². The monoisotopic (exact) mass is 124 g/mol. The van der Waals surface area contributed by atoms with Crippen molar-refractivity contribution in [3.8, 4) is 0 Å². The van der Waals surface area contributed by atoms with Gasteiger partial charge in [0.05, 0.1) is 0 Å². The predicted molar refractivity (Wildman–Crippen MR) is 45.7 cm³/mol. The third kappa shape index (κ3) is 2.06. The second-order valence-corrected chi connectivity index (χ2v) is 2.48. The summed E-state index contributed by atoms with van der Waals surface area (Å²) >= 11 is 2.09. The van der Waals surface area contributed by atoms with E-state index in [1.807, 2.05) is 6.08 Å². The van der Waals surface area contributed by atoms with E-state index >= 15 is 0 Å². The Hall–Kier alpha value is -0.443. The first-order chi connectivity index (χ1) is 4.83. The normalized spacial score (nSPS) is 9.40. The standard InChI is InChI=1S/C9H9.Li/c1-2-6-9-7-4-3-5-8-9;/h2,4-5,7-8H,1,6H2;. The van der Waals surface area contributed by atoms with Crippen molar-refractivity contribution in [1.29, 1.82) is 0 Å². The molecule has 0 N–H and O–H groups in total. The van der Waals surface area contributed by atoms with Crippen LogP contribution in [0.25, 0.3) is 0 Å². The molecule has 0 spiro atoms. The molecule has 0 amide bonds. The summed E-state index contributed by atoms with van der Waals surface area (Å²) in [4.78, 5) is 0. The van der Waals surface area contributed by atoms with Gasteiger partial charge < -0.3 is 0 Å². The zero-order valence-corrected chi connectivity index (χ0v) is 6.30. The Balaban J connectivity index is 2.78. The van der Waals surface area contributed by atoms with E-state index in [0.717, 1.165) is 6.42 Å². The Morgan fingerprint density at radius 2 is 1.90 bits per heavy atom. The van der Waals surface area contributed by atoms with E-state index in [-0.39, 0.29) is 0 Å². The first-order valence-electron chi connectivity index (χ1n) is 3.49. The number of hydrogen-bond donors (Lipinski definition) is 0. The third-order valence-corrected chi connectivity index (χ3v) is 1.50. The van der Waals surface area contributed by atoms with Gasteiger partial charge in [-0.3, -0.25) is 0 Å². The fraction of sp³-hybridized carbons (Fsp3) is 0.111. The van der Waals surface area contributed by atoms with Crippen LogP contribution in [0.2, 0.25) is 0 Å². The van der Waals surface area contributed by atoms with Crippen molar-refractivity contribution in [3.05, 3.63) is 42.5 Å². The molecule has 0 saturated heterocycles. The molecule has 0 aliphatic carbocycles. The maximum atomic E-state index is 3.68. The number of allylic oxidation sites excluding steroid dienone is 1. The van der Waals surface area contributed by atoms with E-state index in [1.54, 1.807) is 0 Å². The van der Waals surface area contributed by atoms with Crippen molar-refractivity contribution < 1.29 is 0 Å². The predicted octanol–water partition coefficient (Wildman–Crippen LogP) is 1.21. The Morgan fingerprint density at radius 3 is 2.40 bits per heavy atom. The van der Waals surface area contributed by atoms with Crippen LogP contribution in [-0.2, 0) is 6.42 Å². The molecule has 1 rings (SSSR count). The third-order valence-electron chi connectivity index (χ3n) is 1.50. The van der Waals surface area contributed by atoms with Crippen molar-refractivity contribution in [2.45, 2.75) is 6.42 Å². The van der Waals surface area contributed by atoms with Gasteiger partial charge in [0.1, 0.15) is 0 Å². The number of benzene rings is 1. The van der Waals surface area contributed by atoms with Crippen molar-refractivity contribution in [3.63, 3.8) is 0 Å². The van der Waals surface area contributed by atoms with Gasteiger partial charge in [0.2, 0.25) is 0 Å². The number of hydrogen-bond acceptors (Lipinski definition) is 0. The van der Waals surface area contributed by atoms with Crippen molar-refractivity contribution in [2.75, 3.05) is 0 Å².